The minimum Gasteiger partial charge on any atom is -0.442 e. The Morgan fingerprint density at radius 3 is 2.58 bits per heavy atom. The van der Waals surface area contributed by atoms with Crippen molar-refractivity contribution in [3.63, 3.8) is 0 Å². The second-order valence-corrected chi connectivity index (χ2v) is 2.75. The second kappa shape index (κ2) is 5.63. The highest BCUT2D eigenvalue weighted by Gasteiger charge is 2.12. The van der Waals surface area contributed by atoms with E-state index in [1.165, 1.54) is 0 Å². The molecule has 3 heteroatoms. The van der Waals surface area contributed by atoms with Crippen molar-refractivity contribution in [1.29, 1.82) is 0 Å². The lowest BCUT2D eigenvalue weighted by atomic mass is 10.1. The molecule has 0 spiro atoms. The Kier molecular flexibility index (Phi) is 5.17. The van der Waals surface area contributed by atoms with Gasteiger partial charge in [-0.25, -0.2) is 4.79 Å². The molecule has 0 fully saturated rings. The molecule has 70 valence electrons. The van der Waals surface area contributed by atoms with Crippen LogP contribution in [0.5, 0.6) is 0 Å². The summed E-state index contributed by atoms with van der Waals surface area (Å²) in [6, 6.07) is 0. The van der Waals surface area contributed by atoms with Gasteiger partial charge in [0.25, 0.3) is 0 Å². The van der Waals surface area contributed by atoms with E-state index >= 15 is 0 Å². The van der Waals surface area contributed by atoms with Crippen molar-refractivity contribution in [2.45, 2.75) is 39.7 Å². The topological polar surface area (TPSA) is 52.3 Å². The fourth-order valence-corrected chi connectivity index (χ4v) is 0.968. The molecule has 1 unspecified atom stereocenters. The molecule has 0 aliphatic carbocycles. The molecule has 0 aliphatic rings. The second-order valence-electron chi connectivity index (χ2n) is 2.75. The van der Waals surface area contributed by atoms with Crippen LogP contribution in [-0.4, -0.2) is 12.2 Å². The van der Waals surface area contributed by atoms with Crippen LogP contribution in [0.2, 0.25) is 0 Å². The van der Waals surface area contributed by atoms with E-state index in [1.807, 2.05) is 26.8 Å². The van der Waals surface area contributed by atoms with Crippen molar-refractivity contribution in [1.82, 2.24) is 0 Å². The van der Waals surface area contributed by atoms with Gasteiger partial charge in [-0.1, -0.05) is 19.4 Å². The third kappa shape index (κ3) is 4.01. The van der Waals surface area contributed by atoms with E-state index in [9.17, 15) is 4.79 Å². The van der Waals surface area contributed by atoms with Gasteiger partial charge in [0.05, 0.1) is 0 Å². The number of amides is 1. The van der Waals surface area contributed by atoms with Crippen LogP contribution in [0.3, 0.4) is 0 Å². The van der Waals surface area contributed by atoms with Gasteiger partial charge in [-0.3, -0.25) is 0 Å². The number of allylic oxidation sites excluding steroid dienone is 1. The molecular formula is C9H17NO2. The van der Waals surface area contributed by atoms with Gasteiger partial charge in [0.2, 0.25) is 0 Å². The van der Waals surface area contributed by atoms with Crippen LogP contribution < -0.4 is 5.73 Å². The summed E-state index contributed by atoms with van der Waals surface area (Å²) in [5.74, 6) is 0. The van der Waals surface area contributed by atoms with Crippen LogP contribution in [0.4, 0.5) is 4.79 Å². The van der Waals surface area contributed by atoms with Crippen molar-refractivity contribution in [2.75, 3.05) is 0 Å². The van der Waals surface area contributed by atoms with Crippen LogP contribution >= 0.6 is 0 Å². The summed E-state index contributed by atoms with van der Waals surface area (Å²) in [4.78, 5) is 10.5. The summed E-state index contributed by atoms with van der Waals surface area (Å²) in [6.45, 7) is 5.89. The van der Waals surface area contributed by atoms with E-state index in [1.54, 1.807) is 0 Å². The van der Waals surface area contributed by atoms with E-state index in [4.69, 9.17) is 10.5 Å². The first-order valence-corrected chi connectivity index (χ1v) is 4.20. The Morgan fingerprint density at radius 2 is 2.25 bits per heavy atom. The molecule has 0 aliphatic heterocycles. The van der Waals surface area contributed by atoms with Gasteiger partial charge in [-0.15, -0.1) is 0 Å². The molecule has 0 radical (unpaired) electrons. The van der Waals surface area contributed by atoms with Crippen molar-refractivity contribution in [3.8, 4) is 0 Å². The quantitative estimate of drug-likeness (QED) is 0.659. The molecule has 2 N–H and O–H groups in total. The van der Waals surface area contributed by atoms with Crippen molar-refractivity contribution in [3.05, 3.63) is 11.6 Å². The molecule has 0 bridgehead atoms. The molecule has 3 nitrogen and oxygen atoms in total. The van der Waals surface area contributed by atoms with Crippen LogP contribution in [0.25, 0.3) is 0 Å². The molecule has 1 atom stereocenters. The third-order valence-corrected chi connectivity index (χ3v) is 1.77. The summed E-state index contributed by atoms with van der Waals surface area (Å²) in [7, 11) is 0. The Hall–Kier alpha value is -0.990. The molecule has 0 heterocycles. The maximum Gasteiger partial charge on any atom is 0.405 e. The number of hydrogen-bond acceptors (Lipinski definition) is 2. The van der Waals surface area contributed by atoms with Gasteiger partial charge in [0.15, 0.2) is 0 Å². The van der Waals surface area contributed by atoms with Gasteiger partial charge in [0.1, 0.15) is 6.10 Å². The lowest BCUT2D eigenvalue weighted by Crippen LogP contribution is -2.23. The average molecular weight is 171 g/mol. The number of nitrogens with two attached hydrogens (primary N) is 1. The Labute approximate surface area is 73.6 Å². The summed E-state index contributed by atoms with van der Waals surface area (Å²) in [6.07, 6.45) is 2.90. The van der Waals surface area contributed by atoms with Crippen LogP contribution in [0.1, 0.15) is 33.6 Å². The third-order valence-electron chi connectivity index (χ3n) is 1.77. The first kappa shape index (κ1) is 11.0. The summed E-state index contributed by atoms with van der Waals surface area (Å²) in [5, 5.41) is 0. The zero-order valence-corrected chi connectivity index (χ0v) is 7.96. The number of hydrogen-bond donors (Lipinski definition) is 1. The maximum atomic E-state index is 10.5. The summed E-state index contributed by atoms with van der Waals surface area (Å²) >= 11 is 0. The predicted octanol–water partition coefficient (Wildman–Crippen LogP) is 2.22. The number of carbonyl (C=O) groups excluding carboxylic acids is 1. The fourth-order valence-electron chi connectivity index (χ4n) is 0.968. The van der Waals surface area contributed by atoms with Crippen molar-refractivity contribution in [2.24, 2.45) is 5.73 Å². The molecule has 12 heavy (non-hydrogen) atoms. The fraction of sp³-hybridized carbons (Fsp3) is 0.667. The SMILES string of the molecule is C/C=C(/C)C(CCC)OC(N)=O. The Morgan fingerprint density at radius 1 is 1.67 bits per heavy atom. The monoisotopic (exact) mass is 171 g/mol. The Bertz CT molecular complexity index is 175. The average Bonchev–Trinajstić information content (AvgIpc) is 2.01. The zero-order valence-electron chi connectivity index (χ0n) is 7.96. The largest absolute Gasteiger partial charge is 0.442 e. The van der Waals surface area contributed by atoms with Gasteiger partial charge in [-0.2, -0.15) is 0 Å². The Balaban J connectivity index is 4.12. The van der Waals surface area contributed by atoms with Crippen molar-refractivity contribution >= 4 is 6.09 Å². The number of carbonyl (C=O) groups is 1. The van der Waals surface area contributed by atoms with Crippen molar-refractivity contribution < 1.29 is 9.53 Å². The normalized spacial score (nSPS) is 14.1. The minimum atomic E-state index is -0.699. The highest BCUT2D eigenvalue weighted by Crippen LogP contribution is 2.11. The standard InChI is InChI=1S/C9H17NO2/c1-4-6-8(7(3)5-2)12-9(10)11/h5,8H,4,6H2,1-3H3,(H2,10,11)/b7-5-. The lowest BCUT2D eigenvalue weighted by Gasteiger charge is -2.15. The van der Waals surface area contributed by atoms with Crippen LogP contribution in [-0.2, 0) is 4.74 Å². The first-order valence-electron chi connectivity index (χ1n) is 4.20. The van der Waals surface area contributed by atoms with E-state index in [0.29, 0.717) is 0 Å². The van der Waals surface area contributed by atoms with E-state index < -0.39 is 6.09 Å². The molecule has 1 amide bonds. The number of ether oxygens (including phenoxy) is 1. The maximum absolute atomic E-state index is 10.5. The van der Waals surface area contributed by atoms with E-state index in [-0.39, 0.29) is 6.10 Å². The molecule has 0 rings (SSSR count). The smallest absolute Gasteiger partial charge is 0.405 e. The molecule has 0 saturated carbocycles. The molecular weight excluding hydrogens is 154 g/mol. The van der Waals surface area contributed by atoms with E-state index in [2.05, 4.69) is 0 Å². The van der Waals surface area contributed by atoms with Gasteiger partial charge >= 0.3 is 6.09 Å². The number of rotatable bonds is 4. The van der Waals surface area contributed by atoms with Crippen LogP contribution in [0.15, 0.2) is 11.6 Å². The molecule has 0 aromatic carbocycles. The molecule has 0 saturated heterocycles. The van der Waals surface area contributed by atoms with Gasteiger partial charge in [-0.05, 0) is 25.8 Å². The zero-order chi connectivity index (χ0) is 9.56. The van der Waals surface area contributed by atoms with Crippen LogP contribution in [0, 0.1) is 0 Å². The van der Waals surface area contributed by atoms with Gasteiger partial charge < -0.3 is 10.5 Å². The van der Waals surface area contributed by atoms with E-state index in [0.717, 1.165) is 18.4 Å². The van der Waals surface area contributed by atoms with Gasteiger partial charge in [0, 0.05) is 0 Å². The predicted molar refractivity (Wildman–Crippen MR) is 48.8 cm³/mol. The summed E-state index contributed by atoms with van der Waals surface area (Å²) < 4.78 is 4.91. The lowest BCUT2D eigenvalue weighted by molar-refractivity contribution is 0.119. The highest BCUT2D eigenvalue weighted by molar-refractivity contribution is 5.65. The highest BCUT2D eigenvalue weighted by atomic mass is 16.6. The minimum absolute atomic E-state index is 0.141. The first-order chi connectivity index (χ1) is 5.61. The molecule has 0 aromatic rings. The molecule has 0 aromatic heterocycles. The summed E-state index contributed by atoms with van der Waals surface area (Å²) in [5.41, 5.74) is 5.98. The number of primary amides is 1.